The summed E-state index contributed by atoms with van der Waals surface area (Å²) in [7, 11) is 0. The monoisotopic (exact) mass is 236 g/mol. The second-order valence-corrected chi connectivity index (χ2v) is 5.71. The van der Waals surface area contributed by atoms with Gasteiger partial charge >= 0.3 is 0 Å². The van der Waals surface area contributed by atoms with Crippen LogP contribution in [-0.2, 0) is 6.42 Å². The highest BCUT2D eigenvalue weighted by atomic mass is 32.1. The first-order valence-corrected chi connectivity index (χ1v) is 6.76. The van der Waals surface area contributed by atoms with E-state index in [2.05, 4.69) is 49.4 Å². The third-order valence-electron chi connectivity index (χ3n) is 3.65. The first-order valence-electron chi connectivity index (χ1n) is 5.95. The molecule has 1 aromatic heterocycles. The van der Waals surface area contributed by atoms with Gasteiger partial charge in [-0.05, 0) is 41.3 Å². The minimum absolute atomic E-state index is 1.11. The van der Waals surface area contributed by atoms with Gasteiger partial charge in [-0.1, -0.05) is 36.4 Å². The van der Waals surface area contributed by atoms with Gasteiger partial charge in [0.15, 0.2) is 0 Å². The largest absolute Gasteiger partial charge is 0.135 e. The normalized spacial score (nSPS) is 14.3. The molecule has 1 heteroatoms. The first kappa shape index (κ1) is 9.43. The average Bonchev–Trinajstić information content (AvgIpc) is 2.90. The predicted octanol–water partition coefficient (Wildman–Crippen LogP) is 5.01. The molecule has 0 aliphatic heterocycles. The van der Waals surface area contributed by atoms with Crippen LogP contribution in [0.1, 0.15) is 17.4 Å². The highest BCUT2D eigenvalue weighted by Gasteiger charge is 2.18. The van der Waals surface area contributed by atoms with Crippen molar-refractivity contribution >= 4 is 37.8 Å². The minimum atomic E-state index is 1.11. The lowest BCUT2D eigenvalue weighted by Crippen LogP contribution is -1.78. The van der Waals surface area contributed by atoms with Crippen molar-refractivity contribution in [2.75, 3.05) is 0 Å². The van der Waals surface area contributed by atoms with Crippen molar-refractivity contribution in [3.05, 3.63) is 52.9 Å². The number of hydrogen-bond acceptors (Lipinski definition) is 1. The van der Waals surface area contributed by atoms with Crippen LogP contribution in [0, 0.1) is 0 Å². The zero-order valence-corrected chi connectivity index (χ0v) is 10.5. The van der Waals surface area contributed by atoms with Gasteiger partial charge in [-0.15, -0.1) is 11.3 Å². The molecule has 1 aliphatic rings. The highest BCUT2D eigenvalue weighted by molar-refractivity contribution is 7.20. The van der Waals surface area contributed by atoms with E-state index >= 15 is 0 Å². The van der Waals surface area contributed by atoms with Crippen LogP contribution >= 0.6 is 11.3 Å². The number of rotatable bonds is 0. The highest BCUT2D eigenvalue weighted by Crippen LogP contribution is 2.42. The molecule has 3 aromatic rings. The quantitative estimate of drug-likeness (QED) is 0.514. The average molecular weight is 236 g/mol. The van der Waals surface area contributed by atoms with Crippen LogP contribution in [0.3, 0.4) is 0 Å². The summed E-state index contributed by atoms with van der Waals surface area (Å²) in [6, 6.07) is 13.2. The maximum atomic E-state index is 2.35. The van der Waals surface area contributed by atoms with Gasteiger partial charge in [-0.2, -0.15) is 0 Å². The summed E-state index contributed by atoms with van der Waals surface area (Å²) in [6.07, 6.45) is 3.46. The van der Waals surface area contributed by atoms with Gasteiger partial charge in [0, 0.05) is 15.0 Å². The van der Waals surface area contributed by atoms with Gasteiger partial charge in [0.05, 0.1) is 0 Å². The molecule has 2 aromatic carbocycles. The lowest BCUT2D eigenvalue weighted by molar-refractivity contribution is 1.37. The fourth-order valence-electron chi connectivity index (χ4n) is 2.79. The summed E-state index contributed by atoms with van der Waals surface area (Å²) in [6.45, 7) is 2.23. The molecule has 0 radical (unpaired) electrons. The summed E-state index contributed by atoms with van der Waals surface area (Å²) >= 11 is 1.94. The van der Waals surface area contributed by atoms with E-state index in [0.29, 0.717) is 0 Å². The maximum Gasteiger partial charge on any atom is 0.0358 e. The Morgan fingerprint density at radius 3 is 2.88 bits per heavy atom. The van der Waals surface area contributed by atoms with Crippen LogP contribution in [0.2, 0.25) is 0 Å². The zero-order valence-electron chi connectivity index (χ0n) is 9.66. The van der Waals surface area contributed by atoms with Gasteiger partial charge in [0.1, 0.15) is 0 Å². The molecule has 82 valence electrons. The molecule has 0 bridgehead atoms. The van der Waals surface area contributed by atoms with Crippen molar-refractivity contribution in [2.24, 2.45) is 0 Å². The van der Waals surface area contributed by atoms with Crippen molar-refractivity contribution < 1.29 is 0 Å². The molecular weight excluding hydrogens is 224 g/mol. The Kier molecular flexibility index (Phi) is 1.78. The summed E-state index contributed by atoms with van der Waals surface area (Å²) in [4.78, 5) is 1.50. The number of thiophene rings is 1. The second-order valence-electron chi connectivity index (χ2n) is 4.66. The smallest absolute Gasteiger partial charge is 0.0358 e. The first-order chi connectivity index (χ1) is 8.34. The van der Waals surface area contributed by atoms with Crippen LogP contribution in [0.5, 0.6) is 0 Å². The Balaban J connectivity index is 2.24. The molecule has 4 rings (SSSR count). The van der Waals surface area contributed by atoms with Crippen LogP contribution in [0.25, 0.3) is 26.4 Å². The van der Waals surface area contributed by atoms with E-state index < -0.39 is 0 Å². The molecule has 0 unspecified atom stereocenters. The van der Waals surface area contributed by atoms with Crippen LogP contribution in [0.4, 0.5) is 0 Å². The van der Waals surface area contributed by atoms with Crippen molar-refractivity contribution in [2.45, 2.75) is 13.3 Å². The number of fused-ring (bicyclic) bond motifs is 5. The molecule has 17 heavy (non-hydrogen) atoms. The maximum absolute atomic E-state index is 2.35. The van der Waals surface area contributed by atoms with Crippen molar-refractivity contribution in [1.82, 2.24) is 0 Å². The fourth-order valence-corrected chi connectivity index (χ4v) is 4.04. The van der Waals surface area contributed by atoms with Gasteiger partial charge in [0.25, 0.3) is 0 Å². The molecule has 1 heterocycles. The van der Waals surface area contributed by atoms with Gasteiger partial charge in [0.2, 0.25) is 0 Å². The van der Waals surface area contributed by atoms with Gasteiger partial charge < -0.3 is 0 Å². The SMILES string of the molecule is CC1=CCc2c1sc1ccc3ccccc3c21. The molecule has 1 aliphatic carbocycles. The molecule has 0 amide bonds. The predicted molar refractivity (Wildman–Crippen MR) is 76.7 cm³/mol. The molecular formula is C16H12S. The van der Waals surface area contributed by atoms with Crippen LogP contribution in [0.15, 0.2) is 42.5 Å². The Hall–Kier alpha value is -1.60. The molecule has 0 fully saturated rings. The molecule has 0 saturated heterocycles. The summed E-state index contributed by atoms with van der Waals surface area (Å²) in [5, 5.41) is 4.24. The van der Waals surface area contributed by atoms with Gasteiger partial charge in [-0.3, -0.25) is 0 Å². The number of benzene rings is 2. The molecule has 0 spiro atoms. The second kappa shape index (κ2) is 3.21. The van der Waals surface area contributed by atoms with E-state index in [9.17, 15) is 0 Å². The van der Waals surface area contributed by atoms with E-state index in [1.807, 2.05) is 11.3 Å². The van der Waals surface area contributed by atoms with Gasteiger partial charge in [-0.25, -0.2) is 0 Å². The standard InChI is InChI=1S/C16H12S/c1-10-6-8-13-15-12-5-3-2-4-11(12)7-9-14(15)17-16(10)13/h2-7,9H,8H2,1H3. The number of hydrogen-bond donors (Lipinski definition) is 0. The number of allylic oxidation sites excluding steroid dienone is 2. The molecule has 0 nitrogen and oxygen atoms in total. The van der Waals surface area contributed by atoms with Crippen molar-refractivity contribution in [1.29, 1.82) is 0 Å². The lowest BCUT2D eigenvalue weighted by Gasteiger charge is -2.01. The Morgan fingerprint density at radius 1 is 1.06 bits per heavy atom. The van der Waals surface area contributed by atoms with E-state index in [-0.39, 0.29) is 0 Å². The third-order valence-corrected chi connectivity index (χ3v) is 4.98. The Labute approximate surface area is 104 Å². The van der Waals surface area contributed by atoms with E-state index in [1.54, 1.807) is 5.56 Å². The minimum Gasteiger partial charge on any atom is -0.135 e. The van der Waals surface area contributed by atoms with Crippen LogP contribution in [-0.4, -0.2) is 0 Å². The molecule has 0 atom stereocenters. The van der Waals surface area contributed by atoms with E-state index in [0.717, 1.165) is 6.42 Å². The topological polar surface area (TPSA) is 0 Å². The van der Waals surface area contributed by atoms with E-state index in [1.165, 1.54) is 31.3 Å². The van der Waals surface area contributed by atoms with E-state index in [4.69, 9.17) is 0 Å². The molecule has 0 N–H and O–H groups in total. The Morgan fingerprint density at radius 2 is 1.94 bits per heavy atom. The summed E-state index contributed by atoms with van der Waals surface area (Å²) in [5.74, 6) is 0. The van der Waals surface area contributed by atoms with Crippen LogP contribution < -0.4 is 0 Å². The fraction of sp³-hybridized carbons (Fsp3) is 0.125. The van der Waals surface area contributed by atoms with Crippen molar-refractivity contribution in [3.63, 3.8) is 0 Å². The summed E-state index contributed by atoms with van der Waals surface area (Å²) < 4.78 is 1.43. The van der Waals surface area contributed by atoms with Crippen molar-refractivity contribution in [3.8, 4) is 0 Å². The Bertz CT molecular complexity index is 775. The summed E-state index contributed by atoms with van der Waals surface area (Å²) in [5.41, 5.74) is 2.99. The zero-order chi connectivity index (χ0) is 11.4. The third kappa shape index (κ3) is 1.18. The lowest BCUT2D eigenvalue weighted by atomic mass is 10.0. The molecule has 0 saturated carbocycles.